The van der Waals surface area contributed by atoms with Gasteiger partial charge in [0.25, 0.3) is 5.91 Å². The first kappa shape index (κ1) is 16.8. The van der Waals surface area contributed by atoms with Crippen molar-refractivity contribution in [1.82, 2.24) is 4.90 Å². The van der Waals surface area contributed by atoms with Crippen LogP contribution in [-0.4, -0.2) is 31.8 Å². The Hall–Kier alpha value is -2.08. The highest BCUT2D eigenvalue weighted by atomic mass is 32.2. The van der Waals surface area contributed by atoms with E-state index in [1.54, 1.807) is 47.4 Å². The molecule has 0 bridgehead atoms. The fraction of sp³-hybridized carbons (Fsp3) is 0.389. The Morgan fingerprint density at radius 1 is 1.17 bits per heavy atom. The van der Waals surface area contributed by atoms with Crippen molar-refractivity contribution in [2.75, 3.05) is 6.54 Å². The number of hydrogen-bond donors (Lipinski definition) is 0. The van der Waals surface area contributed by atoms with Gasteiger partial charge in [-0.05, 0) is 50.5 Å². The van der Waals surface area contributed by atoms with Gasteiger partial charge in [0, 0.05) is 12.6 Å². The number of piperidine rings is 1. The largest absolute Gasteiger partial charge is 0.455 e. The zero-order valence-corrected chi connectivity index (χ0v) is 14.5. The van der Waals surface area contributed by atoms with Crippen LogP contribution in [0.5, 0.6) is 0 Å². The molecule has 0 radical (unpaired) electrons. The molecule has 5 nitrogen and oxygen atoms in total. The Kier molecular flexibility index (Phi) is 4.76. The lowest BCUT2D eigenvalue weighted by molar-refractivity contribution is 0.0601. The predicted octanol–water partition coefficient (Wildman–Crippen LogP) is 3.27. The minimum atomic E-state index is -3.48. The number of amides is 1. The lowest BCUT2D eigenvalue weighted by Crippen LogP contribution is -2.41. The van der Waals surface area contributed by atoms with E-state index in [0.717, 1.165) is 25.8 Å². The van der Waals surface area contributed by atoms with Gasteiger partial charge in [0.15, 0.2) is 15.6 Å². The van der Waals surface area contributed by atoms with Gasteiger partial charge in [0.1, 0.15) is 11.5 Å². The molecule has 1 atom stereocenters. The van der Waals surface area contributed by atoms with E-state index < -0.39 is 9.84 Å². The van der Waals surface area contributed by atoms with Crippen LogP contribution in [0.15, 0.2) is 51.8 Å². The number of nitrogens with zero attached hydrogens (tertiary/aromatic N) is 1. The first-order chi connectivity index (χ1) is 11.5. The number of sulfone groups is 1. The van der Waals surface area contributed by atoms with E-state index in [0.29, 0.717) is 0 Å². The minimum absolute atomic E-state index is 0.162. The van der Waals surface area contributed by atoms with Crippen LogP contribution in [-0.2, 0) is 15.6 Å². The average Bonchev–Trinajstić information content (AvgIpc) is 3.03. The third kappa shape index (κ3) is 3.53. The van der Waals surface area contributed by atoms with E-state index >= 15 is 0 Å². The molecule has 24 heavy (non-hydrogen) atoms. The second kappa shape index (κ2) is 6.81. The molecule has 0 unspecified atom stereocenters. The van der Waals surface area contributed by atoms with Gasteiger partial charge in [-0.1, -0.05) is 18.2 Å². The highest BCUT2D eigenvalue weighted by molar-refractivity contribution is 7.90. The summed E-state index contributed by atoms with van der Waals surface area (Å²) >= 11 is 0. The number of furan rings is 1. The summed E-state index contributed by atoms with van der Waals surface area (Å²) in [6, 6.07) is 11.6. The van der Waals surface area contributed by atoms with E-state index in [2.05, 4.69) is 0 Å². The maximum atomic E-state index is 12.5. The van der Waals surface area contributed by atoms with E-state index in [9.17, 15) is 13.2 Å². The molecule has 1 aliphatic rings. The number of rotatable bonds is 4. The van der Waals surface area contributed by atoms with Crippen LogP contribution in [0.3, 0.4) is 0 Å². The molecule has 128 valence electrons. The fourth-order valence-electron chi connectivity index (χ4n) is 3.01. The van der Waals surface area contributed by atoms with Gasteiger partial charge < -0.3 is 9.32 Å². The molecule has 1 aromatic carbocycles. The number of carbonyl (C=O) groups excluding carboxylic acids is 1. The van der Waals surface area contributed by atoms with Gasteiger partial charge in [-0.3, -0.25) is 4.79 Å². The summed E-state index contributed by atoms with van der Waals surface area (Å²) in [5, 5.41) is 0. The smallest absolute Gasteiger partial charge is 0.289 e. The monoisotopic (exact) mass is 347 g/mol. The van der Waals surface area contributed by atoms with Crippen LogP contribution in [0.25, 0.3) is 0 Å². The minimum Gasteiger partial charge on any atom is -0.455 e. The summed E-state index contributed by atoms with van der Waals surface area (Å²) in [6.07, 6.45) is 3.11. The molecule has 1 aliphatic heterocycles. The van der Waals surface area contributed by atoms with E-state index in [-0.39, 0.29) is 34.1 Å². The van der Waals surface area contributed by atoms with Gasteiger partial charge in [-0.25, -0.2) is 8.42 Å². The normalized spacial score (nSPS) is 18.5. The maximum absolute atomic E-state index is 12.5. The number of hydrogen-bond acceptors (Lipinski definition) is 4. The van der Waals surface area contributed by atoms with Crippen LogP contribution < -0.4 is 0 Å². The van der Waals surface area contributed by atoms with Crippen molar-refractivity contribution < 1.29 is 17.6 Å². The first-order valence-electron chi connectivity index (χ1n) is 8.15. The van der Waals surface area contributed by atoms with E-state index in [4.69, 9.17) is 4.42 Å². The Morgan fingerprint density at radius 2 is 1.92 bits per heavy atom. The highest BCUT2D eigenvalue weighted by Crippen LogP contribution is 2.22. The van der Waals surface area contributed by atoms with Gasteiger partial charge in [0.2, 0.25) is 0 Å². The molecule has 0 saturated carbocycles. The third-order valence-corrected chi connectivity index (χ3v) is 6.03. The molecule has 6 heteroatoms. The summed E-state index contributed by atoms with van der Waals surface area (Å²) in [6.45, 7) is 2.75. The summed E-state index contributed by atoms with van der Waals surface area (Å²) in [4.78, 5) is 14.6. The number of carbonyl (C=O) groups is 1. The van der Waals surface area contributed by atoms with E-state index in [1.165, 1.54) is 0 Å². The lowest BCUT2D eigenvalue weighted by atomic mass is 10.0. The van der Waals surface area contributed by atoms with Gasteiger partial charge >= 0.3 is 0 Å². The van der Waals surface area contributed by atoms with Crippen LogP contribution in [0, 0.1) is 0 Å². The molecule has 0 aliphatic carbocycles. The van der Waals surface area contributed by atoms with Crippen molar-refractivity contribution in [3.05, 3.63) is 54.0 Å². The van der Waals surface area contributed by atoms with Gasteiger partial charge in [-0.15, -0.1) is 0 Å². The SMILES string of the molecule is C[C@H]1CCCCN1C(=O)c1ccc(CS(=O)(=O)c2ccccc2)o1. The highest BCUT2D eigenvalue weighted by Gasteiger charge is 2.27. The molecule has 1 amide bonds. The predicted molar refractivity (Wildman–Crippen MR) is 90.4 cm³/mol. The summed E-state index contributed by atoms with van der Waals surface area (Å²) in [7, 11) is -3.48. The zero-order valence-electron chi connectivity index (χ0n) is 13.6. The van der Waals surface area contributed by atoms with Crippen molar-refractivity contribution in [1.29, 1.82) is 0 Å². The Labute approximate surface area is 142 Å². The topological polar surface area (TPSA) is 67.6 Å². The third-order valence-electron chi connectivity index (χ3n) is 4.37. The standard InChI is InChI=1S/C18H21NO4S/c1-14-7-5-6-12-19(14)18(20)17-11-10-15(23-17)13-24(21,22)16-8-3-2-4-9-16/h2-4,8-11,14H,5-7,12-13H2,1H3/t14-/m0/s1. The van der Waals surface area contributed by atoms with Crippen molar-refractivity contribution >= 4 is 15.7 Å². The van der Waals surface area contributed by atoms with Crippen LogP contribution in [0.1, 0.15) is 42.5 Å². The zero-order chi connectivity index (χ0) is 17.2. The average molecular weight is 347 g/mol. The molecule has 1 saturated heterocycles. The summed E-state index contributed by atoms with van der Waals surface area (Å²) in [5.74, 6) is 0.0827. The Balaban J connectivity index is 1.75. The maximum Gasteiger partial charge on any atom is 0.289 e. The van der Waals surface area contributed by atoms with Crippen molar-refractivity contribution in [2.24, 2.45) is 0 Å². The second-order valence-electron chi connectivity index (χ2n) is 6.18. The molecule has 1 fully saturated rings. The van der Waals surface area contributed by atoms with Crippen molar-refractivity contribution in [3.8, 4) is 0 Å². The molecule has 2 aromatic rings. The van der Waals surface area contributed by atoms with Crippen molar-refractivity contribution in [2.45, 2.75) is 42.9 Å². The lowest BCUT2D eigenvalue weighted by Gasteiger charge is -2.32. The summed E-state index contributed by atoms with van der Waals surface area (Å²) in [5.41, 5.74) is 0. The van der Waals surface area contributed by atoms with Crippen LogP contribution in [0.4, 0.5) is 0 Å². The Morgan fingerprint density at radius 3 is 2.62 bits per heavy atom. The Bertz CT molecular complexity index is 811. The molecule has 3 rings (SSSR count). The first-order valence-corrected chi connectivity index (χ1v) is 9.80. The quantitative estimate of drug-likeness (QED) is 0.851. The van der Waals surface area contributed by atoms with Gasteiger partial charge in [0.05, 0.1) is 4.90 Å². The molecule has 2 heterocycles. The second-order valence-corrected chi connectivity index (χ2v) is 8.17. The molecule has 0 spiro atoms. The van der Waals surface area contributed by atoms with E-state index in [1.807, 2.05) is 6.92 Å². The molecular formula is C18H21NO4S. The number of likely N-dealkylation sites (tertiary alicyclic amines) is 1. The van der Waals surface area contributed by atoms with Crippen molar-refractivity contribution in [3.63, 3.8) is 0 Å². The number of benzene rings is 1. The fourth-order valence-corrected chi connectivity index (χ4v) is 4.28. The van der Waals surface area contributed by atoms with Crippen LogP contribution in [0.2, 0.25) is 0 Å². The molecule has 0 N–H and O–H groups in total. The van der Waals surface area contributed by atoms with Gasteiger partial charge in [-0.2, -0.15) is 0 Å². The summed E-state index contributed by atoms with van der Waals surface area (Å²) < 4.78 is 30.3. The molecule has 1 aromatic heterocycles. The molecular weight excluding hydrogens is 326 g/mol. The van der Waals surface area contributed by atoms with Crippen LogP contribution >= 0.6 is 0 Å².